The number of amides is 1. The molecule has 0 aliphatic carbocycles. The SMILES string of the molecule is CC(C)(F)C(=O)N1CCCC(O)C1. The van der Waals surface area contributed by atoms with Gasteiger partial charge in [0.25, 0.3) is 5.91 Å². The van der Waals surface area contributed by atoms with E-state index in [1.807, 2.05) is 0 Å². The molecule has 0 bridgehead atoms. The molecule has 13 heavy (non-hydrogen) atoms. The molecule has 0 spiro atoms. The Bertz CT molecular complexity index is 200. The Morgan fingerprint density at radius 1 is 1.62 bits per heavy atom. The van der Waals surface area contributed by atoms with Crippen LogP contribution < -0.4 is 0 Å². The first-order chi connectivity index (χ1) is 5.91. The lowest BCUT2D eigenvalue weighted by Gasteiger charge is -2.32. The van der Waals surface area contributed by atoms with Gasteiger partial charge in [0.2, 0.25) is 0 Å². The van der Waals surface area contributed by atoms with Gasteiger partial charge in [-0.25, -0.2) is 4.39 Å². The van der Waals surface area contributed by atoms with Gasteiger partial charge in [0.1, 0.15) is 0 Å². The van der Waals surface area contributed by atoms with Crippen molar-refractivity contribution in [1.82, 2.24) is 4.90 Å². The fourth-order valence-electron chi connectivity index (χ4n) is 1.52. The molecule has 0 aromatic rings. The van der Waals surface area contributed by atoms with Crippen molar-refractivity contribution in [3.8, 4) is 0 Å². The van der Waals surface area contributed by atoms with Crippen molar-refractivity contribution in [1.29, 1.82) is 0 Å². The first-order valence-corrected chi connectivity index (χ1v) is 4.57. The highest BCUT2D eigenvalue weighted by Gasteiger charge is 2.33. The molecule has 1 fully saturated rings. The third-order valence-electron chi connectivity index (χ3n) is 2.19. The fourth-order valence-corrected chi connectivity index (χ4v) is 1.52. The van der Waals surface area contributed by atoms with Gasteiger partial charge in [-0.15, -0.1) is 0 Å². The lowest BCUT2D eigenvalue weighted by molar-refractivity contribution is -0.144. The summed E-state index contributed by atoms with van der Waals surface area (Å²) in [5.74, 6) is -0.522. The molecule has 0 aromatic carbocycles. The van der Waals surface area contributed by atoms with Crippen molar-refractivity contribution in [2.24, 2.45) is 0 Å². The number of piperidine rings is 1. The van der Waals surface area contributed by atoms with E-state index in [1.54, 1.807) is 0 Å². The molecular formula is C9H16FNO2. The zero-order valence-corrected chi connectivity index (χ0v) is 8.09. The molecule has 1 aliphatic rings. The average molecular weight is 189 g/mol. The maximum atomic E-state index is 13.2. The lowest BCUT2D eigenvalue weighted by Crippen LogP contribution is -2.48. The molecule has 0 aromatic heterocycles. The van der Waals surface area contributed by atoms with Gasteiger partial charge < -0.3 is 10.0 Å². The van der Waals surface area contributed by atoms with Crippen LogP contribution in [0, 0.1) is 0 Å². The number of β-amino-alcohol motifs (C(OH)–C–C–N with tert-alkyl or cyclic N) is 1. The van der Waals surface area contributed by atoms with Gasteiger partial charge in [0.15, 0.2) is 5.67 Å². The highest BCUT2D eigenvalue weighted by atomic mass is 19.1. The quantitative estimate of drug-likeness (QED) is 0.660. The van der Waals surface area contributed by atoms with Gasteiger partial charge in [0, 0.05) is 13.1 Å². The molecular weight excluding hydrogens is 173 g/mol. The number of rotatable bonds is 1. The number of aliphatic hydroxyl groups is 1. The first kappa shape index (κ1) is 10.4. The molecule has 1 N–H and O–H groups in total. The van der Waals surface area contributed by atoms with Crippen molar-refractivity contribution in [2.45, 2.75) is 38.5 Å². The molecule has 1 aliphatic heterocycles. The number of alkyl halides is 1. The molecule has 1 saturated heterocycles. The van der Waals surface area contributed by atoms with E-state index in [-0.39, 0.29) is 6.54 Å². The van der Waals surface area contributed by atoms with E-state index in [2.05, 4.69) is 0 Å². The van der Waals surface area contributed by atoms with Crippen LogP contribution in [0.4, 0.5) is 4.39 Å². The second-order valence-corrected chi connectivity index (χ2v) is 4.02. The second kappa shape index (κ2) is 3.62. The summed E-state index contributed by atoms with van der Waals surface area (Å²) in [5.41, 5.74) is -1.82. The third-order valence-corrected chi connectivity index (χ3v) is 2.19. The summed E-state index contributed by atoms with van der Waals surface area (Å²) in [7, 11) is 0. The highest BCUT2D eigenvalue weighted by molar-refractivity contribution is 5.84. The third kappa shape index (κ3) is 2.66. The first-order valence-electron chi connectivity index (χ1n) is 4.57. The predicted octanol–water partition coefficient (Wildman–Crippen LogP) is 0.718. The summed E-state index contributed by atoms with van der Waals surface area (Å²) in [6.45, 7) is 3.32. The number of aliphatic hydroxyl groups excluding tert-OH is 1. The minimum atomic E-state index is -1.82. The Morgan fingerprint density at radius 2 is 2.23 bits per heavy atom. The summed E-state index contributed by atoms with van der Waals surface area (Å²) in [5, 5.41) is 9.28. The van der Waals surface area contributed by atoms with Crippen molar-refractivity contribution in [3.05, 3.63) is 0 Å². The number of carbonyl (C=O) groups is 1. The maximum absolute atomic E-state index is 13.2. The van der Waals surface area contributed by atoms with Crippen LogP contribution in [0.2, 0.25) is 0 Å². The number of nitrogens with zero attached hydrogens (tertiary/aromatic N) is 1. The summed E-state index contributed by atoms with van der Waals surface area (Å²) in [6.07, 6.45) is 0.972. The number of hydrogen-bond acceptors (Lipinski definition) is 2. The normalized spacial score (nSPS) is 24.6. The average Bonchev–Trinajstić information content (AvgIpc) is 2.01. The van der Waals surface area contributed by atoms with E-state index in [9.17, 15) is 14.3 Å². The van der Waals surface area contributed by atoms with Crippen LogP contribution in [0.15, 0.2) is 0 Å². The van der Waals surface area contributed by atoms with Gasteiger partial charge in [-0.3, -0.25) is 4.79 Å². The zero-order chi connectivity index (χ0) is 10.1. The predicted molar refractivity (Wildman–Crippen MR) is 47.0 cm³/mol. The summed E-state index contributed by atoms with van der Waals surface area (Å²) in [4.78, 5) is 12.8. The van der Waals surface area contributed by atoms with E-state index in [0.717, 1.165) is 6.42 Å². The standard InChI is InChI=1S/C9H16FNO2/c1-9(2,10)8(13)11-5-3-4-7(12)6-11/h7,12H,3-6H2,1-2H3. The van der Waals surface area contributed by atoms with E-state index in [4.69, 9.17) is 0 Å². The van der Waals surface area contributed by atoms with Gasteiger partial charge >= 0.3 is 0 Å². The number of hydrogen-bond donors (Lipinski definition) is 1. The fraction of sp³-hybridized carbons (Fsp3) is 0.889. The number of carbonyl (C=O) groups excluding carboxylic acids is 1. The van der Waals surface area contributed by atoms with Crippen LogP contribution >= 0.6 is 0 Å². The van der Waals surface area contributed by atoms with Gasteiger partial charge in [0.05, 0.1) is 6.10 Å². The Labute approximate surface area is 77.5 Å². The van der Waals surface area contributed by atoms with Crippen LogP contribution in [0.3, 0.4) is 0 Å². The summed E-state index contributed by atoms with van der Waals surface area (Å²) >= 11 is 0. The number of likely N-dealkylation sites (tertiary alicyclic amines) is 1. The van der Waals surface area contributed by atoms with Crippen molar-refractivity contribution >= 4 is 5.91 Å². The van der Waals surface area contributed by atoms with Crippen LogP contribution in [-0.4, -0.2) is 40.8 Å². The molecule has 1 unspecified atom stereocenters. The number of halogens is 1. The van der Waals surface area contributed by atoms with Gasteiger partial charge in [-0.2, -0.15) is 0 Å². The van der Waals surface area contributed by atoms with Crippen LogP contribution in [0.1, 0.15) is 26.7 Å². The maximum Gasteiger partial charge on any atom is 0.259 e. The largest absolute Gasteiger partial charge is 0.391 e. The Hall–Kier alpha value is -0.640. The van der Waals surface area contributed by atoms with E-state index in [0.29, 0.717) is 13.0 Å². The molecule has 1 amide bonds. The van der Waals surface area contributed by atoms with E-state index >= 15 is 0 Å². The Morgan fingerprint density at radius 3 is 2.69 bits per heavy atom. The highest BCUT2D eigenvalue weighted by Crippen LogP contribution is 2.17. The molecule has 4 heteroatoms. The van der Waals surface area contributed by atoms with Crippen molar-refractivity contribution in [2.75, 3.05) is 13.1 Å². The molecule has 3 nitrogen and oxygen atoms in total. The molecule has 1 atom stereocenters. The van der Waals surface area contributed by atoms with E-state index in [1.165, 1.54) is 18.7 Å². The summed E-state index contributed by atoms with van der Waals surface area (Å²) < 4.78 is 13.2. The summed E-state index contributed by atoms with van der Waals surface area (Å²) in [6, 6.07) is 0. The van der Waals surface area contributed by atoms with E-state index < -0.39 is 17.7 Å². The molecule has 1 heterocycles. The minimum absolute atomic E-state index is 0.270. The van der Waals surface area contributed by atoms with Gasteiger partial charge in [-0.05, 0) is 26.7 Å². The molecule has 0 saturated carbocycles. The van der Waals surface area contributed by atoms with Crippen LogP contribution in [0.25, 0.3) is 0 Å². The Balaban J connectivity index is 2.56. The Kier molecular flexibility index (Phi) is 2.91. The second-order valence-electron chi connectivity index (χ2n) is 4.02. The van der Waals surface area contributed by atoms with Gasteiger partial charge in [-0.1, -0.05) is 0 Å². The monoisotopic (exact) mass is 189 g/mol. The smallest absolute Gasteiger partial charge is 0.259 e. The zero-order valence-electron chi connectivity index (χ0n) is 8.09. The molecule has 0 radical (unpaired) electrons. The van der Waals surface area contributed by atoms with Crippen LogP contribution in [0.5, 0.6) is 0 Å². The minimum Gasteiger partial charge on any atom is -0.391 e. The lowest BCUT2D eigenvalue weighted by atomic mass is 10.0. The van der Waals surface area contributed by atoms with Crippen molar-refractivity contribution < 1.29 is 14.3 Å². The topological polar surface area (TPSA) is 40.5 Å². The molecule has 1 rings (SSSR count). The van der Waals surface area contributed by atoms with Crippen molar-refractivity contribution in [3.63, 3.8) is 0 Å². The van der Waals surface area contributed by atoms with Crippen LogP contribution in [-0.2, 0) is 4.79 Å². The molecule has 76 valence electrons.